The number of hydrogen-bond acceptors (Lipinski definition) is 1. The highest BCUT2D eigenvalue weighted by Gasteiger charge is 2.35. The van der Waals surface area contributed by atoms with Crippen molar-refractivity contribution >= 4 is 7.44 Å². The largest absolute Gasteiger partial charge is 0.289 e. The lowest BCUT2D eigenvalue weighted by molar-refractivity contribution is 0.555. The predicted octanol–water partition coefficient (Wildman–Crippen LogP) is 1.81. The fourth-order valence-electron chi connectivity index (χ4n) is 1.54. The van der Waals surface area contributed by atoms with Gasteiger partial charge in [0.2, 0.25) is 7.44 Å². The normalized spacial score (nSPS) is 42.4. The summed E-state index contributed by atoms with van der Waals surface area (Å²) >= 11 is 0. The molecule has 1 aliphatic rings. The summed E-state index contributed by atoms with van der Waals surface area (Å²) in [6, 6.07) is 0.657. The van der Waals surface area contributed by atoms with Gasteiger partial charge in [-0.25, -0.2) is 0 Å². The maximum atomic E-state index is 12.0. The summed E-state index contributed by atoms with van der Waals surface area (Å²) in [7, 11) is -2.24. The summed E-state index contributed by atoms with van der Waals surface area (Å²) in [4.78, 5) is 0. The van der Waals surface area contributed by atoms with E-state index in [-0.39, 0.29) is 0 Å². The average molecular weight is 190 g/mol. The van der Waals surface area contributed by atoms with Gasteiger partial charge in [-0.3, -0.25) is 14.7 Å². The summed E-state index contributed by atoms with van der Waals surface area (Å²) in [6.07, 6.45) is 0.752. The molecule has 1 fully saturated rings. The Morgan fingerprint density at radius 2 is 1.67 bits per heavy atom. The van der Waals surface area contributed by atoms with E-state index in [9.17, 15) is 4.57 Å². The highest BCUT2D eigenvalue weighted by molar-refractivity contribution is 7.60. The summed E-state index contributed by atoms with van der Waals surface area (Å²) in [6.45, 7) is 8.32. The second kappa shape index (κ2) is 3.49. The van der Waals surface area contributed by atoms with E-state index < -0.39 is 7.44 Å². The quantitative estimate of drug-likeness (QED) is 0.652. The standard InChI is InChI=1S/C8H19N2OP/c1-6(2)5-12(11)9-7(3)8(4)10-12/h6-8H,5H2,1-4H3,(H2,9,10,11). The molecule has 0 spiro atoms. The van der Waals surface area contributed by atoms with Gasteiger partial charge in [0.25, 0.3) is 0 Å². The molecule has 0 radical (unpaired) electrons. The topological polar surface area (TPSA) is 41.1 Å². The molecular formula is C8H19N2OP. The van der Waals surface area contributed by atoms with Crippen molar-refractivity contribution in [2.75, 3.05) is 6.16 Å². The molecule has 2 unspecified atom stereocenters. The first-order valence-corrected chi connectivity index (χ1v) is 6.47. The van der Waals surface area contributed by atoms with E-state index >= 15 is 0 Å². The van der Waals surface area contributed by atoms with Crippen LogP contribution in [0.1, 0.15) is 27.7 Å². The van der Waals surface area contributed by atoms with E-state index in [0.717, 1.165) is 6.16 Å². The van der Waals surface area contributed by atoms with Crippen molar-refractivity contribution in [2.24, 2.45) is 5.92 Å². The van der Waals surface area contributed by atoms with E-state index in [0.29, 0.717) is 18.0 Å². The van der Waals surface area contributed by atoms with Crippen LogP contribution in [0.2, 0.25) is 0 Å². The van der Waals surface area contributed by atoms with Gasteiger partial charge in [-0.15, -0.1) is 0 Å². The lowest BCUT2D eigenvalue weighted by Gasteiger charge is -2.14. The first-order valence-electron chi connectivity index (χ1n) is 4.57. The summed E-state index contributed by atoms with van der Waals surface area (Å²) in [5, 5.41) is 6.31. The zero-order chi connectivity index (χ0) is 9.35. The van der Waals surface area contributed by atoms with Gasteiger partial charge in [0.1, 0.15) is 0 Å². The molecule has 0 aromatic carbocycles. The van der Waals surface area contributed by atoms with Crippen molar-refractivity contribution in [3.8, 4) is 0 Å². The molecule has 2 atom stereocenters. The molecule has 0 aliphatic carbocycles. The van der Waals surface area contributed by atoms with Crippen molar-refractivity contribution in [2.45, 2.75) is 39.8 Å². The predicted molar refractivity (Wildman–Crippen MR) is 52.5 cm³/mol. The van der Waals surface area contributed by atoms with Gasteiger partial charge in [-0.1, -0.05) is 13.8 Å². The molecule has 12 heavy (non-hydrogen) atoms. The Morgan fingerprint density at radius 3 is 2.00 bits per heavy atom. The molecule has 4 heteroatoms. The average Bonchev–Trinajstić information content (AvgIpc) is 2.04. The fourth-order valence-corrected chi connectivity index (χ4v) is 4.62. The maximum absolute atomic E-state index is 12.0. The summed E-state index contributed by atoms with van der Waals surface area (Å²) in [5.41, 5.74) is 0. The zero-order valence-electron chi connectivity index (χ0n) is 8.29. The Bertz CT molecular complexity index is 183. The lowest BCUT2D eigenvalue weighted by Crippen LogP contribution is -2.26. The van der Waals surface area contributed by atoms with Crippen LogP contribution in [0.3, 0.4) is 0 Å². The molecule has 0 aromatic heterocycles. The molecule has 0 amide bonds. The zero-order valence-corrected chi connectivity index (χ0v) is 9.19. The monoisotopic (exact) mass is 190 g/mol. The third-order valence-electron chi connectivity index (χ3n) is 2.20. The first-order chi connectivity index (χ1) is 5.43. The Balaban J connectivity index is 2.58. The Kier molecular flexibility index (Phi) is 2.97. The van der Waals surface area contributed by atoms with Crippen LogP contribution in [-0.2, 0) is 4.57 Å². The van der Waals surface area contributed by atoms with E-state index in [2.05, 4.69) is 37.9 Å². The van der Waals surface area contributed by atoms with Crippen LogP contribution < -0.4 is 10.2 Å². The minimum absolute atomic E-state index is 0.328. The SMILES string of the molecule is CC(C)CP1(=O)NC(C)C(C)N1. The Morgan fingerprint density at radius 1 is 1.25 bits per heavy atom. The van der Waals surface area contributed by atoms with Crippen molar-refractivity contribution in [3.63, 3.8) is 0 Å². The molecule has 1 heterocycles. The molecule has 1 rings (SSSR count). The van der Waals surface area contributed by atoms with Gasteiger partial charge < -0.3 is 0 Å². The van der Waals surface area contributed by atoms with Gasteiger partial charge in [-0.05, 0) is 19.8 Å². The minimum atomic E-state index is -2.24. The minimum Gasteiger partial charge on any atom is -0.289 e. The fraction of sp³-hybridized carbons (Fsp3) is 1.00. The second-order valence-electron chi connectivity index (χ2n) is 4.15. The van der Waals surface area contributed by atoms with Gasteiger partial charge in [0.15, 0.2) is 0 Å². The number of hydrogen-bond donors (Lipinski definition) is 2. The van der Waals surface area contributed by atoms with E-state index in [1.165, 1.54) is 0 Å². The van der Waals surface area contributed by atoms with Crippen molar-refractivity contribution in [1.29, 1.82) is 0 Å². The third-order valence-corrected chi connectivity index (χ3v) is 5.09. The molecule has 1 aliphatic heterocycles. The van der Waals surface area contributed by atoms with Crippen LogP contribution in [0.25, 0.3) is 0 Å². The van der Waals surface area contributed by atoms with Crippen molar-refractivity contribution < 1.29 is 4.57 Å². The summed E-state index contributed by atoms with van der Waals surface area (Å²) in [5.74, 6) is 0.480. The van der Waals surface area contributed by atoms with E-state index in [1.807, 2.05) is 0 Å². The highest BCUT2D eigenvalue weighted by Crippen LogP contribution is 2.43. The van der Waals surface area contributed by atoms with Gasteiger partial charge >= 0.3 is 0 Å². The molecule has 3 nitrogen and oxygen atoms in total. The van der Waals surface area contributed by atoms with Crippen molar-refractivity contribution in [3.05, 3.63) is 0 Å². The molecule has 0 bridgehead atoms. The second-order valence-corrected chi connectivity index (χ2v) is 6.51. The molecule has 0 aromatic rings. The Labute approximate surface area is 74.8 Å². The van der Waals surface area contributed by atoms with Crippen LogP contribution in [0.5, 0.6) is 0 Å². The third kappa shape index (κ3) is 2.32. The number of nitrogens with one attached hydrogen (secondary N) is 2. The molecule has 2 N–H and O–H groups in total. The smallest absolute Gasteiger partial charge is 0.212 e. The van der Waals surface area contributed by atoms with Crippen LogP contribution >= 0.6 is 7.44 Å². The number of rotatable bonds is 2. The van der Waals surface area contributed by atoms with E-state index in [4.69, 9.17) is 0 Å². The summed E-state index contributed by atoms with van der Waals surface area (Å²) < 4.78 is 12.0. The van der Waals surface area contributed by atoms with Crippen LogP contribution in [0.15, 0.2) is 0 Å². The van der Waals surface area contributed by atoms with Gasteiger partial charge in [-0.2, -0.15) is 0 Å². The molecular weight excluding hydrogens is 171 g/mol. The molecule has 72 valence electrons. The maximum Gasteiger partial charge on any atom is 0.212 e. The molecule has 0 saturated carbocycles. The van der Waals surface area contributed by atoms with Gasteiger partial charge in [0, 0.05) is 18.2 Å². The van der Waals surface area contributed by atoms with Crippen LogP contribution in [0.4, 0.5) is 0 Å². The van der Waals surface area contributed by atoms with Crippen LogP contribution in [0, 0.1) is 5.92 Å². The van der Waals surface area contributed by atoms with Crippen LogP contribution in [-0.4, -0.2) is 18.2 Å². The molecule has 1 saturated heterocycles. The lowest BCUT2D eigenvalue weighted by atomic mass is 10.2. The van der Waals surface area contributed by atoms with E-state index in [1.54, 1.807) is 0 Å². The van der Waals surface area contributed by atoms with Gasteiger partial charge in [0.05, 0.1) is 0 Å². The first kappa shape index (κ1) is 10.2. The highest BCUT2D eigenvalue weighted by atomic mass is 31.2. The Hall–Kier alpha value is 0.150. The van der Waals surface area contributed by atoms with Crippen molar-refractivity contribution in [1.82, 2.24) is 10.2 Å².